The van der Waals surface area contributed by atoms with Gasteiger partial charge in [0.15, 0.2) is 0 Å². The summed E-state index contributed by atoms with van der Waals surface area (Å²) in [6.07, 6.45) is 5.89. The molecule has 1 aliphatic carbocycles. The number of hydrogen-bond donors (Lipinski definition) is 3. The summed E-state index contributed by atoms with van der Waals surface area (Å²) in [5.74, 6) is -0.333. The van der Waals surface area contributed by atoms with Gasteiger partial charge in [-0.05, 0) is 43.0 Å². The maximum absolute atomic E-state index is 12.4. The second-order valence-electron chi connectivity index (χ2n) is 6.93. The zero-order valence-electron chi connectivity index (χ0n) is 15.3. The average molecular weight is 382 g/mol. The number of carbonyl (C=O) groups is 2. The fourth-order valence-electron chi connectivity index (χ4n) is 3.44. The number of nitrogens with one attached hydrogen (secondary N) is 2. The van der Waals surface area contributed by atoms with Crippen molar-refractivity contribution in [1.29, 1.82) is 0 Å². The molecule has 1 aromatic rings. The molecule has 7 heteroatoms. The average Bonchev–Trinajstić information content (AvgIpc) is 2.62. The number of nitrogens with two attached hydrogens (primary N) is 1. The number of rotatable bonds is 8. The van der Waals surface area contributed by atoms with Crippen molar-refractivity contribution in [2.45, 2.75) is 38.5 Å². The predicted octanol–water partition coefficient (Wildman–Crippen LogP) is 2.95. The number of anilines is 1. The molecule has 0 aliphatic heterocycles. The molecular formula is C19H28ClN3O3. The smallest absolute Gasteiger partial charge is 0.252 e. The minimum absolute atomic E-state index is 0.0642. The Labute approximate surface area is 159 Å². The Kier molecular flexibility index (Phi) is 7.87. The molecule has 26 heavy (non-hydrogen) atoms. The van der Waals surface area contributed by atoms with Crippen molar-refractivity contribution < 1.29 is 14.3 Å². The molecule has 0 spiro atoms. The zero-order valence-corrected chi connectivity index (χ0v) is 16.0. The number of benzene rings is 1. The van der Waals surface area contributed by atoms with Gasteiger partial charge < -0.3 is 21.1 Å². The van der Waals surface area contributed by atoms with Crippen molar-refractivity contribution in [2.24, 2.45) is 11.1 Å². The molecule has 1 fully saturated rings. The van der Waals surface area contributed by atoms with E-state index in [2.05, 4.69) is 10.6 Å². The predicted molar refractivity (Wildman–Crippen MR) is 103 cm³/mol. The van der Waals surface area contributed by atoms with Crippen molar-refractivity contribution in [2.75, 3.05) is 32.1 Å². The summed E-state index contributed by atoms with van der Waals surface area (Å²) in [6, 6.07) is 4.89. The van der Waals surface area contributed by atoms with Crippen LogP contribution in [0.4, 0.5) is 5.69 Å². The summed E-state index contributed by atoms with van der Waals surface area (Å²) in [7, 11) is 1.57. The van der Waals surface area contributed by atoms with E-state index in [9.17, 15) is 9.59 Å². The van der Waals surface area contributed by atoms with E-state index in [4.69, 9.17) is 22.1 Å². The van der Waals surface area contributed by atoms with E-state index >= 15 is 0 Å². The number of halogens is 1. The molecule has 144 valence electrons. The van der Waals surface area contributed by atoms with Gasteiger partial charge in [0, 0.05) is 25.8 Å². The molecular weight excluding hydrogens is 354 g/mol. The highest BCUT2D eigenvalue weighted by Gasteiger charge is 2.33. The molecule has 0 radical (unpaired) electrons. The highest BCUT2D eigenvalue weighted by molar-refractivity contribution is 6.34. The summed E-state index contributed by atoms with van der Waals surface area (Å²) in [5, 5.41) is 5.89. The van der Waals surface area contributed by atoms with Crippen LogP contribution in [0.15, 0.2) is 18.2 Å². The minimum Gasteiger partial charge on any atom is -0.383 e. The van der Waals surface area contributed by atoms with Crippen LogP contribution in [0.1, 0.15) is 48.9 Å². The summed E-state index contributed by atoms with van der Waals surface area (Å²) in [5.41, 5.74) is 6.81. The van der Waals surface area contributed by atoms with Crippen molar-refractivity contribution in [3.63, 3.8) is 0 Å². The Morgan fingerprint density at radius 3 is 2.62 bits per heavy atom. The van der Waals surface area contributed by atoms with E-state index in [-0.39, 0.29) is 17.2 Å². The molecule has 6 nitrogen and oxygen atoms in total. The molecule has 1 saturated carbocycles. The van der Waals surface area contributed by atoms with E-state index in [1.807, 2.05) is 0 Å². The molecule has 0 bridgehead atoms. The van der Waals surface area contributed by atoms with E-state index < -0.39 is 0 Å². The quantitative estimate of drug-likeness (QED) is 0.603. The maximum Gasteiger partial charge on any atom is 0.252 e. The second kappa shape index (κ2) is 9.90. The summed E-state index contributed by atoms with van der Waals surface area (Å²) in [4.78, 5) is 24.5. The van der Waals surface area contributed by atoms with Crippen LogP contribution in [0, 0.1) is 5.41 Å². The molecule has 0 saturated heterocycles. The summed E-state index contributed by atoms with van der Waals surface area (Å²) in [6.45, 7) is 1.37. The molecule has 2 amide bonds. The largest absolute Gasteiger partial charge is 0.383 e. The number of carbonyl (C=O) groups excluding carboxylic acids is 2. The normalized spacial score (nSPS) is 16.1. The molecule has 2 rings (SSSR count). The zero-order chi connectivity index (χ0) is 19.0. The number of ether oxygens (including phenoxy) is 1. The van der Waals surface area contributed by atoms with Crippen molar-refractivity contribution >= 4 is 29.1 Å². The van der Waals surface area contributed by atoms with Crippen LogP contribution in [-0.2, 0) is 9.53 Å². The standard InChI is InChI=1S/C19H28ClN3O3/c1-26-10-9-22-18(25)15-6-5-14(11-16(15)20)23-17(24)12-19(13-21)7-3-2-4-8-19/h5-6,11H,2-4,7-10,12-13,21H2,1H3,(H,22,25)(H,23,24). The lowest BCUT2D eigenvalue weighted by molar-refractivity contribution is -0.118. The van der Waals surface area contributed by atoms with Gasteiger partial charge in [0.2, 0.25) is 5.91 Å². The van der Waals surface area contributed by atoms with Crippen molar-refractivity contribution in [3.8, 4) is 0 Å². The van der Waals surface area contributed by atoms with Gasteiger partial charge in [-0.1, -0.05) is 30.9 Å². The van der Waals surface area contributed by atoms with Crippen LogP contribution in [0.25, 0.3) is 0 Å². The Balaban J connectivity index is 1.96. The van der Waals surface area contributed by atoms with E-state index in [1.165, 1.54) is 6.42 Å². The first-order chi connectivity index (χ1) is 12.5. The lowest BCUT2D eigenvalue weighted by Crippen LogP contribution is -2.36. The maximum atomic E-state index is 12.4. The lowest BCUT2D eigenvalue weighted by Gasteiger charge is -2.35. The van der Waals surface area contributed by atoms with Gasteiger partial charge in [-0.15, -0.1) is 0 Å². The van der Waals surface area contributed by atoms with Crippen LogP contribution >= 0.6 is 11.6 Å². The summed E-state index contributed by atoms with van der Waals surface area (Å²) >= 11 is 6.20. The lowest BCUT2D eigenvalue weighted by atomic mass is 9.71. The van der Waals surface area contributed by atoms with Crippen LogP contribution in [0.3, 0.4) is 0 Å². The third kappa shape index (κ3) is 5.69. The van der Waals surface area contributed by atoms with Crippen LogP contribution < -0.4 is 16.4 Å². The monoisotopic (exact) mass is 381 g/mol. The first-order valence-corrected chi connectivity index (χ1v) is 9.44. The van der Waals surface area contributed by atoms with Crippen molar-refractivity contribution in [1.82, 2.24) is 5.32 Å². The second-order valence-corrected chi connectivity index (χ2v) is 7.34. The van der Waals surface area contributed by atoms with Gasteiger partial charge in [-0.2, -0.15) is 0 Å². The van der Waals surface area contributed by atoms with Gasteiger partial charge in [-0.25, -0.2) is 0 Å². The molecule has 0 heterocycles. The fourth-order valence-corrected chi connectivity index (χ4v) is 3.71. The Morgan fingerprint density at radius 2 is 2.00 bits per heavy atom. The molecule has 1 aromatic carbocycles. The third-order valence-corrected chi connectivity index (χ3v) is 5.28. The van der Waals surface area contributed by atoms with Gasteiger partial charge >= 0.3 is 0 Å². The minimum atomic E-state index is -0.269. The number of methoxy groups -OCH3 is 1. The highest BCUT2D eigenvalue weighted by atomic mass is 35.5. The van der Waals surface area contributed by atoms with E-state index in [1.54, 1.807) is 25.3 Å². The molecule has 0 atom stereocenters. The summed E-state index contributed by atoms with van der Waals surface area (Å²) < 4.78 is 4.90. The first-order valence-electron chi connectivity index (χ1n) is 9.06. The number of amides is 2. The Bertz CT molecular complexity index is 630. The van der Waals surface area contributed by atoms with Gasteiger partial charge in [0.25, 0.3) is 5.91 Å². The SMILES string of the molecule is COCCNC(=O)c1ccc(NC(=O)CC2(CN)CCCCC2)cc1Cl. The molecule has 1 aliphatic rings. The number of hydrogen-bond acceptors (Lipinski definition) is 4. The van der Waals surface area contributed by atoms with Crippen LogP contribution in [-0.4, -0.2) is 38.6 Å². The Hall–Kier alpha value is -1.63. The van der Waals surface area contributed by atoms with Gasteiger partial charge in [0.1, 0.15) is 0 Å². The van der Waals surface area contributed by atoms with Crippen molar-refractivity contribution in [3.05, 3.63) is 28.8 Å². The topological polar surface area (TPSA) is 93.5 Å². The highest BCUT2D eigenvalue weighted by Crippen LogP contribution is 2.38. The van der Waals surface area contributed by atoms with Gasteiger partial charge in [-0.3, -0.25) is 9.59 Å². The first kappa shape index (κ1) is 20.7. The molecule has 0 aromatic heterocycles. The van der Waals surface area contributed by atoms with Crippen LogP contribution in [0.2, 0.25) is 5.02 Å². The Morgan fingerprint density at radius 1 is 1.27 bits per heavy atom. The van der Waals surface area contributed by atoms with E-state index in [0.717, 1.165) is 25.7 Å². The third-order valence-electron chi connectivity index (χ3n) is 4.97. The molecule has 4 N–H and O–H groups in total. The van der Waals surface area contributed by atoms with Gasteiger partial charge in [0.05, 0.1) is 17.2 Å². The molecule has 0 unspecified atom stereocenters. The van der Waals surface area contributed by atoms with Crippen LogP contribution in [0.5, 0.6) is 0 Å². The fraction of sp³-hybridized carbons (Fsp3) is 0.579. The van der Waals surface area contributed by atoms with E-state index in [0.29, 0.717) is 42.4 Å².